The number of rotatable bonds is 2. The first-order chi connectivity index (χ1) is 9.02. The highest BCUT2D eigenvalue weighted by Gasteiger charge is 2.31. The molecule has 2 heterocycles. The van der Waals surface area contributed by atoms with E-state index < -0.39 is 12.2 Å². The van der Waals surface area contributed by atoms with E-state index >= 15 is 0 Å². The van der Waals surface area contributed by atoms with Crippen molar-refractivity contribution in [1.29, 1.82) is 0 Å². The molecule has 0 spiro atoms. The van der Waals surface area contributed by atoms with E-state index in [0.717, 1.165) is 5.56 Å². The summed E-state index contributed by atoms with van der Waals surface area (Å²) in [7, 11) is 3.09. The van der Waals surface area contributed by atoms with Gasteiger partial charge in [-0.3, -0.25) is 9.69 Å². The first-order valence-corrected chi connectivity index (χ1v) is 5.80. The number of nitrogens with two attached hydrogens (primary N) is 1. The molecular formula is C12H15N3O4. The highest BCUT2D eigenvalue weighted by atomic mass is 16.6. The number of primary amides is 1. The fourth-order valence-corrected chi connectivity index (χ4v) is 2.04. The van der Waals surface area contributed by atoms with E-state index in [1.807, 2.05) is 6.07 Å². The maximum absolute atomic E-state index is 12.2. The minimum absolute atomic E-state index is 0.349. The highest BCUT2D eigenvalue weighted by Crippen LogP contribution is 2.27. The van der Waals surface area contributed by atoms with E-state index in [4.69, 9.17) is 15.2 Å². The molecule has 1 aliphatic heterocycles. The molecule has 1 aliphatic rings. The molecule has 7 nitrogen and oxygen atoms in total. The van der Waals surface area contributed by atoms with Crippen molar-refractivity contribution in [3.05, 3.63) is 17.7 Å². The Bertz CT molecular complexity index is 518. The number of ether oxygens (including phenoxy) is 2. The van der Waals surface area contributed by atoms with Gasteiger partial charge in [0, 0.05) is 13.1 Å². The molecule has 1 atom stereocenters. The Morgan fingerprint density at radius 3 is 2.89 bits per heavy atom. The molecule has 2 N–H and O–H groups in total. The minimum atomic E-state index is -0.955. The van der Waals surface area contributed by atoms with E-state index in [1.165, 1.54) is 12.0 Å². The Hall–Kier alpha value is -2.31. The smallest absolute Gasteiger partial charge is 0.405 e. The largest absolute Gasteiger partial charge is 0.481 e. The fraction of sp³-hybridized carbons (Fsp3) is 0.417. The summed E-state index contributed by atoms with van der Waals surface area (Å²) in [6, 6.07) is 3.57. The van der Waals surface area contributed by atoms with Crippen LogP contribution < -0.4 is 15.4 Å². The molecule has 7 heteroatoms. The predicted molar refractivity (Wildman–Crippen MR) is 67.0 cm³/mol. The van der Waals surface area contributed by atoms with Crippen LogP contribution in [-0.2, 0) is 16.0 Å². The maximum Gasteiger partial charge on any atom is 0.405 e. The zero-order valence-electron chi connectivity index (χ0n) is 10.8. The van der Waals surface area contributed by atoms with Gasteiger partial charge in [0.25, 0.3) is 5.91 Å². The van der Waals surface area contributed by atoms with Gasteiger partial charge in [-0.1, -0.05) is 0 Å². The topological polar surface area (TPSA) is 94.8 Å². The summed E-state index contributed by atoms with van der Waals surface area (Å²) in [5.74, 6) is 0.589. The number of anilines is 1. The third kappa shape index (κ3) is 2.59. The molecule has 2 amide bonds. The van der Waals surface area contributed by atoms with Crippen LogP contribution in [0, 0.1) is 0 Å². The Morgan fingerprint density at radius 1 is 1.53 bits per heavy atom. The van der Waals surface area contributed by atoms with Crippen molar-refractivity contribution >= 4 is 17.8 Å². The average molecular weight is 265 g/mol. The van der Waals surface area contributed by atoms with E-state index in [2.05, 4.69) is 4.98 Å². The second kappa shape index (κ2) is 5.13. The number of hydrogen-bond acceptors (Lipinski definition) is 5. The van der Waals surface area contributed by atoms with Crippen LogP contribution in [0.25, 0.3) is 0 Å². The molecule has 0 radical (unpaired) electrons. The SMILES string of the molecule is COc1ccc2c(n1)N(C)C(=O)C(OC(N)=O)CC2. The van der Waals surface area contributed by atoms with Crippen molar-refractivity contribution in [1.82, 2.24) is 4.98 Å². The number of carbonyl (C=O) groups is 2. The van der Waals surface area contributed by atoms with E-state index in [-0.39, 0.29) is 5.91 Å². The number of nitrogens with zero attached hydrogens (tertiary/aromatic N) is 2. The van der Waals surface area contributed by atoms with Gasteiger partial charge in [-0.05, 0) is 24.5 Å². The van der Waals surface area contributed by atoms with Crippen LogP contribution in [0.3, 0.4) is 0 Å². The van der Waals surface area contributed by atoms with E-state index in [9.17, 15) is 9.59 Å². The molecule has 1 aromatic rings. The third-order valence-corrected chi connectivity index (χ3v) is 3.00. The van der Waals surface area contributed by atoms with Gasteiger partial charge in [0.2, 0.25) is 5.88 Å². The second-order valence-electron chi connectivity index (χ2n) is 4.20. The lowest BCUT2D eigenvalue weighted by atomic mass is 10.1. The van der Waals surface area contributed by atoms with Gasteiger partial charge in [0.1, 0.15) is 5.82 Å². The van der Waals surface area contributed by atoms with Crippen molar-refractivity contribution in [3.63, 3.8) is 0 Å². The summed E-state index contributed by atoms with van der Waals surface area (Å²) in [5.41, 5.74) is 5.86. The molecule has 0 aromatic carbocycles. The van der Waals surface area contributed by atoms with Crippen LogP contribution in [0.1, 0.15) is 12.0 Å². The van der Waals surface area contributed by atoms with Gasteiger partial charge in [0.15, 0.2) is 6.10 Å². The maximum atomic E-state index is 12.2. The Kier molecular flexibility index (Phi) is 3.55. The minimum Gasteiger partial charge on any atom is -0.481 e. The number of hydrogen-bond donors (Lipinski definition) is 1. The standard InChI is InChI=1S/C12H15N3O4/c1-15-10-7(4-6-9(14-10)18-2)3-5-8(11(15)16)19-12(13)17/h4,6,8H,3,5H2,1-2H3,(H2,13,17). The Morgan fingerprint density at radius 2 is 2.26 bits per heavy atom. The number of carbonyl (C=O) groups excluding carboxylic acids is 2. The van der Waals surface area contributed by atoms with E-state index in [0.29, 0.717) is 24.5 Å². The summed E-state index contributed by atoms with van der Waals surface area (Å²) in [6.45, 7) is 0. The molecule has 0 fully saturated rings. The van der Waals surface area contributed by atoms with Gasteiger partial charge in [0.05, 0.1) is 7.11 Å². The van der Waals surface area contributed by atoms with Gasteiger partial charge < -0.3 is 15.2 Å². The van der Waals surface area contributed by atoms with Gasteiger partial charge in [-0.25, -0.2) is 4.79 Å². The lowest BCUT2D eigenvalue weighted by Gasteiger charge is -2.20. The molecule has 102 valence electrons. The first kappa shape index (κ1) is 13.1. The van der Waals surface area contributed by atoms with Gasteiger partial charge in [-0.2, -0.15) is 4.98 Å². The lowest BCUT2D eigenvalue weighted by Crippen LogP contribution is -2.39. The highest BCUT2D eigenvalue weighted by molar-refractivity contribution is 5.97. The molecule has 1 aromatic heterocycles. The van der Waals surface area contributed by atoms with E-state index in [1.54, 1.807) is 13.1 Å². The number of fused-ring (bicyclic) bond motifs is 1. The van der Waals surface area contributed by atoms with Crippen LogP contribution in [0.4, 0.5) is 10.6 Å². The van der Waals surface area contributed by atoms with Crippen molar-refractivity contribution in [2.24, 2.45) is 5.73 Å². The normalized spacial score (nSPS) is 18.5. The zero-order chi connectivity index (χ0) is 14.0. The monoisotopic (exact) mass is 265 g/mol. The molecule has 0 bridgehead atoms. The summed E-state index contributed by atoms with van der Waals surface area (Å²) >= 11 is 0. The predicted octanol–water partition coefficient (Wildman–Crippen LogP) is 0.463. The molecule has 0 saturated heterocycles. The van der Waals surface area contributed by atoms with Crippen LogP contribution in [0.5, 0.6) is 5.88 Å². The number of aryl methyl sites for hydroxylation is 1. The molecule has 0 aliphatic carbocycles. The second-order valence-corrected chi connectivity index (χ2v) is 4.20. The summed E-state index contributed by atoms with van der Waals surface area (Å²) in [4.78, 5) is 28.6. The average Bonchev–Trinajstić information content (AvgIpc) is 2.50. The summed E-state index contributed by atoms with van der Waals surface area (Å²) in [6.07, 6.45) is -0.876. The number of pyridine rings is 1. The van der Waals surface area contributed by atoms with Crippen molar-refractivity contribution in [2.45, 2.75) is 18.9 Å². The van der Waals surface area contributed by atoms with Crippen molar-refractivity contribution < 1.29 is 19.1 Å². The molecule has 1 unspecified atom stereocenters. The Balaban J connectivity index is 2.33. The summed E-state index contributed by atoms with van der Waals surface area (Å²) < 4.78 is 9.87. The van der Waals surface area contributed by atoms with Crippen LogP contribution in [0.2, 0.25) is 0 Å². The van der Waals surface area contributed by atoms with Crippen molar-refractivity contribution in [3.8, 4) is 5.88 Å². The van der Waals surface area contributed by atoms with Gasteiger partial charge >= 0.3 is 6.09 Å². The fourth-order valence-electron chi connectivity index (χ4n) is 2.04. The molecule has 19 heavy (non-hydrogen) atoms. The zero-order valence-corrected chi connectivity index (χ0v) is 10.8. The summed E-state index contributed by atoms with van der Waals surface area (Å²) in [5, 5.41) is 0. The molecule has 2 rings (SSSR count). The number of amides is 2. The van der Waals surface area contributed by atoms with Crippen molar-refractivity contribution in [2.75, 3.05) is 19.1 Å². The third-order valence-electron chi connectivity index (χ3n) is 3.00. The number of aromatic nitrogens is 1. The molecular weight excluding hydrogens is 250 g/mol. The quantitative estimate of drug-likeness (QED) is 0.838. The van der Waals surface area contributed by atoms with Crippen LogP contribution in [-0.4, -0.2) is 37.2 Å². The number of likely N-dealkylation sites (N-methyl/N-ethyl adjacent to an activating group) is 1. The first-order valence-electron chi connectivity index (χ1n) is 5.80. The van der Waals surface area contributed by atoms with Crippen LogP contribution in [0.15, 0.2) is 12.1 Å². The molecule has 0 saturated carbocycles. The van der Waals surface area contributed by atoms with Crippen LogP contribution >= 0.6 is 0 Å². The van der Waals surface area contributed by atoms with Gasteiger partial charge in [-0.15, -0.1) is 0 Å². The number of methoxy groups -OCH3 is 1. The Labute approximate surface area is 110 Å². The lowest BCUT2D eigenvalue weighted by molar-refractivity contribution is -0.126.